The maximum absolute atomic E-state index is 12.8. The Hall–Kier alpha value is -2.22. The molecule has 1 aromatic heterocycles. The zero-order valence-electron chi connectivity index (χ0n) is 15.1. The van der Waals surface area contributed by atoms with E-state index in [-0.39, 0.29) is 23.4 Å². The van der Waals surface area contributed by atoms with Gasteiger partial charge in [0.1, 0.15) is 5.69 Å². The Labute approximate surface area is 169 Å². The second-order valence-corrected chi connectivity index (χ2v) is 9.33. The Morgan fingerprint density at radius 1 is 1.18 bits per heavy atom. The predicted octanol–water partition coefficient (Wildman–Crippen LogP) is 3.11. The first-order valence-electron chi connectivity index (χ1n) is 9.16. The molecule has 0 bridgehead atoms. The van der Waals surface area contributed by atoms with Crippen molar-refractivity contribution in [1.82, 2.24) is 14.6 Å². The maximum Gasteiger partial charge on any atom is 0.270 e. The SMILES string of the molecule is O=C(NC1CC1)c1cccc(C2=CCN(S(=O)(=O)c3cccc(Cl)c3)CC2)n1. The van der Waals surface area contributed by atoms with Gasteiger partial charge in [-0.05, 0) is 55.2 Å². The van der Waals surface area contributed by atoms with Crippen LogP contribution in [0.4, 0.5) is 0 Å². The zero-order valence-corrected chi connectivity index (χ0v) is 16.7. The minimum absolute atomic E-state index is 0.161. The topological polar surface area (TPSA) is 79.4 Å². The average Bonchev–Trinajstić information content (AvgIpc) is 3.52. The van der Waals surface area contributed by atoms with E-state index in [9.17, 15) is 13.2 Å². The Balaban J connectivity index is 1.50. The Kier molecular flexibility index (Phi) is 5.23. The molecule has 1 aliphatic heterocycles. The standard InChI is InChI=1S/C20H20ClN3O3S/c21-15-3-1-4-17(13-15)28(26,27)24-11-9-14(10-12-24)18-5-2-6-19(23-18)20(25)22-16-7-8-16/h1-6,9,13,16H,7-8,10-12H2,(H,22,25). The fourth-order valence-corrected chi connectivity index (χ4v) is 4.79. The highest BCUT2D eigenvalue weighted by molar-refractivity contribution is 7.89. The summed E-state index contributed by atoms with van der Waals surface area (Å²) in [7, 11) is -3.60. The van der Waals surface area contributed by atoms with Crippen LogP contribution in [-0.2, 0) is 10.0 Å². The minimum Gasteiger partial charge on any atom is -0.348 e. The summed E-state index contributed by atoms with van der Waals surface area (Å²) in [5.41, 5.74) is 2.04. The minimum atomic E-state index is -3.60. The molecule has 1 saturated carbocycles. The number of nitrogens with one attached hydrogen (secondary N) is 1. The van der Waals surface area contributed by atoms with Crippen molar-refractivity contribution >= 4 is 33.1 Å². The first-order valence-corrected chi connectivity index (χ1v) is 11.0. The van der Waals surface area contributed by atoms with Gasteiger partial charge in [-0.15, -0.1) is 0 Å². The van der Waals surface area contributed by atoms with Crippen molar-refractivity contribution in [2.75, 3.05) is 13.1 Å². The Bertz CT molecular complexity index is 1050. The molecule has 2 heterocycles. The number of amides is 1. The third-order valence-corrected chi connectivity index (χ3v) is 6.93. The summed E-state index contributed by atoms with van der Waals surface area (Å²) in [5, 5.41) is 3.32. The summed E-state index contributed by atoms with van der Waals surface area (Å²) in [6.07, 6.45) is 4.43. The van der Waals surface area contributed by atoms with E-state index in [1.807, 2.05) is 12.1 Å². The lowest BCUT2D eigenvalue weighted by Gasteiger charge is -2.25. The van der Waals surface area contributed by atoms with Gasteiger partial charge in [0.05, 0.1) is 10.6 Å². The van der Waals surface area contributed by atoms with E-state index in [0.29, 0.717) is 29.4 Å². The lowest BCUT2D eigenvalue weighted by Crippen LogP contribution is -2.34. The Morgan fingerprint density at radius 2 is 1.96 bits per heavy atom. The normalized spacial score (nSPS) is 17.8. The number of rotatable bonds is 5. The van der Waals surface area contributed by atoms with Crippen molar-refractivity contribution in [3.63, 3.8) is 0 Å². The number of carbonyl (C=O) groups is 1. The third-order valence-electron chi connectivity index (χ3n) is 4.83. The molecular formula is C20H20ClN3O3S. The summed E-state index contributed by atoms with van der Waals surface area (Å²) in [5.74, 6) is -0.161. The van der Waals surface area contributed by atoms with E-state index in [1.54, 1.807) is 30.3 Å². The fraction of sp³-hybridized carbons (Fsp3) is 0.300. The average molecular weight is 418 g/mol. The summed E-state index contributed by atoms with van der Waals surface area (Å²) in [6, 6.07) is 11.9. The molecule has 1 fully saturated rings. The van der Waals surface area contributed by atoms with Crippen LogP contribution in [0.25, 0.3) is 5.57 Å². The molecule has 1 N–H and O–H groups in total. The molecular weight excluding hydrogens is 398 g/mol. The number of halogens is 1. The smallest absolute Gasteiger partial charge is 0.270 e. The molecule has 0 saturated heterocycles. The van der Waals surface area contributed by atoms with Gasteiger partial charge < -0.3 is 5.32 Å². The molecule has 0 unspecified atom stereocenters. The van der Waals surface area contributed by atoms with Gasteiger partial charge >= 0.3 is 0 Å². The van der Waals surface area contributed by atoms with Crippen LogP contribution in [0, 0.1) is 0 Å². The number of hydrogen-bond donors (Lipinski definition) is 1. The van der Waals surface area contributed by atoms with Crippen molar-refractivity contribution in [2.24, 2.45) is 0 Å². The molecule has 1 aromatic carbocycles. The number of nitrogens with zero attached hydrogens (tertiary/aromatic N) is 2. The molecule has 1 amide bonds. The molecule has 0 atom stereocenters. The van der Waals surface area contributed by atoms with E-state index in [0.717, 1.165) is 18.4 Å². The molecule has 2 aliphatic rings. The van der Waals surface area contributed by atoms with Crippen LogP contribution < -0.4 is 5.32 Å². The lowest BCUT2D eigenvalue weighted by molar-refractivity contribution is 0.0946. The lowest BCUT2D eigenvalue weighted by atomic mass is 10.1. The second kappa shape index (κ2) is 7.66. The highest BCUT2D eigenvalue weighted by Crippen LogP contribution is 2.26. The van der Waals surface area contributed by atoms with Crippen LogP contribution >= 0.6 is 11.6 Å². The van der Waals surface area contributed by atoms with Gasteiger partial charge in [-0.25, -0.2) is 13.4 Å². The molecule has 2 aromatic rings. The van der Waals surface area contributed by atoms with Crippen molar-refractivity contribution in [1.29, 1.82) is 0 Å². The molecule has 28 heavy (non-hydrogen) atoms. The summed E-state index contributed by atoms with van der Waals surface area (Å²) >= 11 is 5.93. The number of aromatic nitrogens is 1. The summed E-state index contributed by atoms with van der Waals surface area (Å²) in [6.45, 7) is 0.602. The van der Waals surface area contributed by atoms with Gasteiger partial charge in [0.15, 0.2) is 0 Å². The van der Waals surface area contributed by atoms with Crippen molar-refractivity contribution < 1.29 is 13.2 Å². The predicted molar refractivity (Wildman–Crippen MR) is 108 cm³/mol. The summed E-state index contributed by atoms with van der Waals surface area (Å²) in [4.78, 5) is 16.9. The van der Waals surface area contributed by atoms with E-state index in [1.165, 1.54) is 10.4 Å². The van der Waals surface area contributed by atoms with Gasteiger partial charge in [0, 0.05) is 24.2 Å². The first kappa shape index (κ1) is 19.1. The number of carbonyl (C=O) groups excluding carboxylic acids is 1. The highest BCUT2D eigenvalue weighted by atomic mass is 35.5. The molecule has 0 spiro atoms. The monoisotopic (exact) mass is 417 g/mol. The fourth-order valence-electron chi connectivity index (χ4n) is 3.10. The van der Waals surface area contributed by atoms with E-state index in [2.05, 4.69) is 10.3 Å². The zero-order chi connectivity index (χ0) is 19.7. The number of sulfonamides is 1. The molecule has 6 nitrogen and oxygen atoms in total. The van der Waals surface area contributed by atoms with Gasteiger partial charge in [-0.1, -0.05) is 29.8 Å². The second-order valence-electron chi connectivity index (χ2n) is 6.96. The van der Waals surface area contributed by atoms with Crippen molar-refractivity contribution in [3.8, 4) is 0 Å². The highest BCUT2D eigenvalue weighted by Gasteiger charge is 2.27. The number of benzene rings is 1. The third kappa shape index (κ3) is 4.11. The van der Waals surface area contributed by atoms with Gasteiger partial charge in [0.2, 0.25) is 10.0 Å². The molecule has 0 radical (unpaired) electrons. The van der Waals surface area contributed by atoms with Crippen LogP contribution in [0.2, 0.25) is 5.02 Å². The van der Waals surface area contributed by atoms with Crippen LogP contribution in [0.15, 0.2) is 53.4 Å². The molecule has 8 heteroatoms. The van der Waals surface area contributed by atoms with Crippen LogP contribution in [0.1, 0.15) is 35.4 Å². The van der Waals surface area contributed by atoms with Crippen LogP contribution in [0.3, 0.4) is 0 Å². The van der Waals surface area contributed by atoms with Gasteiger partial charge in [-0.2, -0.15) is 4.31 Å². The molecule has 1 aliphatic carbocycles. The van der Waals surface area contributed by atoms with Crippen LogP contribution in [-0.4, -0.2) is 42.7 Å². The Morgan fingerprint density at radius 3 is 2.64 bits per heavy atom. The first-order chi connectivity index (χ1) is 13.4. The van der Waals surface area contributed by atoms with Crippen LogP contribution in [0.5, 0.6) is 0 Å². The quantitative estimate of drug-likeness (QED) is 0.810. The van der Waals surface area contributed by atoms with Crippen molar-refractivity contribution in [2.45, 2.75) is 30.2 Å². The van der Waals surface area contributed by atoms with Gasteiger partial charge in [-0.3, -0.25) is 4.79 Å². The van der Waals surface area contributed by atoms with Gasteiger partial charge in [0.25, 0.3) is 5.91 Å². The number of hydrogen-bond acceptors (Lipinski definition) is 4. The number of pyridine rings is 1. The molecule has 4 rings (SSSR count). The maximum atomic E-state index is 12.8. The van der Waals surface area contributed by atoms with E-state index in [4.69, 9.17) is 11.6 Å². The summed E-state index contributed by atoms with van der Waals surface area (Å²) < 4.78 is 27.0. The van der Waals surface area contributed by atoms with E-state index < -0.39 is 10.0 Å². The molecule has 146 valence electrons. The largest absolute Gasteiger partial charge is 0.348 e. The van der Waals surface area contributed by atoms with Crippen molar-refractivity contribution in [3.05, 3.63) is 65.0 Å². The van der Waals surface area contributed by atoms with E-state index >= 15 is 0 Å².